The van der Waals surface area contributed by atoms with Crippen molar-refractivity contribution < 1.29 is 4.39 Å². The van der Waals surface area contributed by atoms with Gasteiger partial charge in [-0.1, -0.05) is 12.1 Å². The number of allylic oxidation sites excluding steroid dienone is 1. The average molecular weight is 190 g/mol. The number of halogens is 1. The molecule has 0 heterocycles. The standard InChI is InChI=1S/C11H11FN2/c1-14(2)8-10(7-13)9-3-5-11(12)6-4-9/h3-6,8H,1-2H3/b10-8-. The van der Waals surface area contributed by atoms with Crippen molar-refractivity contribution in [3.63, 3.8) is 0 Å². The molecule has 0 amide bonds. The molecule has 0 aliphatic heterocycles. The highest BCUT2D eigenvalue weighted by Gasteiger charge is 2.00. The Bertz CT molecular complexity index is 371. The van der Waals surface area contributed by atoms with Crippen molar-refractivity contribution in [1.82, 2.24) is 4.90 Å². The van der Waals surface area contributed by atoms with E-state index in [1.807, 2.05) is 14.1 Å². The molecule has 0 N–H and O–H groups in total. The van der Waals surface area contributed by atoms with Gasteiger partial charge in [0.1, 0.15) is 11.9 Å². The molecular formula is C11H11FN2. The summed E-state index contributed by atoms with van der Waals surface area (Å²) in [4.78, 5) is 1.78. The SMILES string of the molecule is CN(C)/C=C(/C#N)c1ccc(F)cc1. The van der Waals surface area contributed by atoms with Crippen molar-refractivity contribution >= 4 is 5.57 Å². The van der Waals surface area contributed by atoms with Gasteiger partial charge in [0.15, 0.2) is 0 Å². The summed E-state index contributed by atoms with van der Waals surface area (Å²) in [6, 6.07) is 7.94. The van der Waals surface area contributed by atoms with E-state index in [-0.39, 0.29) is 5.82 Å². The van der Waals surface area contributed by atoms with Gasteiger partial charge in [-0.05, 0) is 17.7 Å². The van der Waals surface area contributed by atoms with Crippen molar-refractivity contribution in [3.8, 4) is 6.07 Å². The van der Waals surface area contributed by atoms with Crippen LogP contribution >= 0.6 is 0 Å². The van der Waals surface area contributed by atoms with E-state index < -0.39 is 0 Å². The fourth-order valence-corrected chi connectivity index (χ4v) is 1.06. The highest BCUT2D eigenvalue weighted by Crippen LogP contribution is 2.14. The Morgan fingerprint density at radius 3 is 2.36 bits per heavy atom. The minimum Gasteiger partial charge on any atom is -0.382 e. The second-order valence-corrected chi connectivity index (χ2v) is 3.13. The van der Waals surface area contributed by atoms with Crippen molar-refractivity contribution in [2.75, 3.05) is 14.1 Å². The lowest BCUT2D eigenvalue weighted by Crippen LogP contribution is -2.02. The predicted octanol–water partition coefficient (Wildman–Crippen LogP) is 2.25. The zero-order valence-corrected chi connectivity index (χ0v) is 8.16. The normalized spacial score (nSPS) is 10.9. The number of hydrogen-bond donors (Lipinski definition) is 0. The van der Waals surface area contributed by atoms with Gasteiger partial charge in [-0.2, -0.15) is 5.26 Å². The zero-order valence-electron chi connectivity index (χ0n) is 8.16. The Morgan fingerprint density at radius 2 is 1.93 bits per heavy atom. The molecule has 0 radical (unpaired) electrons. The van der Waals surface area contributed by atoms with E-state index in [1.165, 1.54) is 12.1 Å². The van der Waals surface area contributed by atoms with Crippen molar-refractivity contribution in [2.45, 2.75) is 0 Å². The first-order valence-corrected chi connectivity index (χ1v) is 4.18. The first-order chi connectivity index (χ1) is 6.63. The Labute approximate surface area is 82.9 Å². The van der Waals surface area contributed by atoms with Gasteiger partial charge in [0, 0.05) is 20.3 Å². The maximum Gasteiger partial charge on any atom is 0.123 e. The van der Waals surface area contributed by atoms with Crippen LogP contribution in [-0.4, -0.2) is 19.0 Å². The Balaban J connectivity index is 3.03. The molecule has 0 unspecified atom stereocenters. The second kappa shape index (κ2) is 4.43. The highest BCUT2D eigenvalue weighted by atomic mass is 19.1. The number of hydrogen-bond acceptors (Lipinski definition) is 2. The zero-order chi connectivity index (χ0) is 10.6. The van der Waals surface area contributed by atoms with Crippen LogP contribution in [0.1, 0.15) is 5.56 Å². The highest BCUT2D eigenvalue weighted by molar-refractivity contribution is 5.76. The van der Waals surface area contributed by atoms with Gasteiger partial charge >= 0.3 is 0 Å². The van der Waals surface area contributed by atoms with Gasteiger partial charge in [-0.25, -0.2) is 4.39 Å². The summed E-state index contributed by atoms with van der Waals surface area (Å²) in [5.41, 5.74) is 1.25. The minimum absolute atomic E-state index is 0.295. The average Bonchev–Trinajstić information content (AvgIpc) is 2.15. The lowest BCUT2D eigenvalue weighted by atomic mass is 10.1. The molecule has 3 heteroatoms. The molecule has 0 aromatic heterocycles. The molecule has 1 aromatic rings. The molecular weight excluding hydrogens is 179 g/mol. The minimum atomic E-state index is -0.295. The van der Waals surface area contributed by atoms with Crippen LogP contribution in [0.2, 0.25) is 0 Å². The quantitative estimate of drug-likeness (QED) is 0.669. The van der Waals surface area contributed by atoms with Crippen LogP contribution in [0.25, 0.3) is 5.57 Å². The van der Waals surface area contributed by atoms with E-state index in [0.717, 1.165) is 5.56 Å². The molecule has 1 rings (SSSR count). The van der Waals surface area contributed by atoms with Crippen molar-refractivity contribution in [3.05, 3.63) is 41.8 Å². The molecule has 0 spiro atoms. The largest absolute Gasteiger partial charge is 0.382 e. The molecule has 2 nitrogen and oxygen atoms in total. The Morgan fingerprint density at radius 1 is 1.36 bits per heavy atom. The molecule has 0 aliphatic rings. The summed E-state index contributed by atoms with van der Waals surface area (Å²) in [6.07, 6.45) is 1.70. The maximum atomic E-state index is 12.6. The number of nitriles is 1. The predicted molar refractivity (Wildman–Crippen MR) is 53.7 cm³/mol. The van der Waals surface area contributed by atoms with Crippen LogP contribution in [0, 0.1) is 17.1 Å². The third-order valence-electron chi connectivity index (χ3n) is 1.66. The van der Waals surface area contributed by atoms with E-state index in [2.05, 4.69) is 6.07 Å². The first-order valence-electron chi connectivity index (χ1n) is 4.18. The van der Waals surface area contributed by atoms with Gasteiger partial charge in [0.05, 0.1) is 5.57 Å². The van der Waals surface area contributed by atoms with E-state index >= 15 is 0 Å². The molecule has 0 atom stereocenters. The lowest BCUT2D eigenvalue weighted by molar-refractivity contribution is 0.566. The fraction of sp³-hybridized carbons (Fsp3) is 0.182. The third-order valence-corrected chi connectivity index (χ3v) is 1.66. The van der Waals surface area contributed by atoms with E-state index in [0.29, 0.717) is 5.57 Å². The van der Waals surface area contributed by atoms with E-state index in [4.69, 9.17) is 5.26 Å². The first kappa shape index (κ1) is 10.3. The van der Waals surface area contributed by atoms with Crippen LogP contribution < -0.4 is 0 Å². The topological polar surface area (TPSA) is 27.0 Å². The van der Waals surface area contributed by atoms with E-state index in [9.17, 15) is 4.39 Å². The van der Waals surface area contributed by atoms with Gasteiger partial charge in [-0.3, -0.25) is 0 Å². The summed E-state index contributed by atoms with van der Waals surface area (Å²) in [6.45, 7) is 0. The van der Waals surface area contributed by atoms with Crippen LogP contribution in [0.15, 0.2) is 30.5 Å². The second-order valence-electron chi connectivity index (χ2n) is 3.13. The monoisotopic (exact) mass is 190 g/mol. The summed E-state index contributed by atoms with van der Waals surface area (Å²) >= 11 is 0. The van der Waals surface area contributed by atoms with Crippen molar-refractivity contribution in [1.29, 1.82) is 5.26 Å². The number of rotatable bonds is 2. The summed E-state index contributed by atoms with van der Waals surface area (Å²) < 4.78 is 12.6. The van der Waals surface area contributed by atoms with Crippen LogP contribution in [0.5, 0.6) is 0 Å². The lowest BCUT2D eigenvalue weighted by Gasteiger charge is -2.06. The number of nitrogens with zero attached hydrogens (tertiary/aromatic N) is 2. The Hall–Kier alpha value is -1.82. The summed E-state index contributed by atoms with van der Waals surface area (Å²) in [5.74, 6) is -0.295. The van der Waals surface area contributed by atoms with Crippen LogP contribution in [-0.2, 0) is 0 Å². The van der Waals surface area contributed by atoms with Gasteiger partial charge in [-0.15, -0.1) is 0 Å². The molecule has 72 valence electrons. The number of benzene rings is 1. The fourth-order valence-electron chi connectivity index (χ4n) is 1.06. The van der Waals surface area contributed by atoms with Gasteiger partial charge in [0.25, 0.3) is 0 Å². The van der Waals surface area contributed by atoms with Crippen LogP contribution in [0.3, 0.4) is 0 Å². The maximum absolute atomic E-state index is 12.6. The summed E-state index contributed by atoms with van der Waals surface area (Å²) in [5, 5.41) is 8.86. The molecule has 0 bridgehead atoms. The molecule has 1 aromatic carbocycles. The van der Waals surface area contributed by atoms with Gasteiger partial charge < -0.3 is 4.90 Å². The molecule has 14 heavy (non-hydrogen) atoms. The smallest absolute Gasteiger partial charge is 0.123 e. The molecule has 0 aliphatic carbocycles. The van der Waals surface area contributed by atoms with Gasteiger partial charge in [0.2, 0.25) is 0 Å². The molecule has 0 fully saturated rings. The van der Waals surface area contributed by atoms with Crippen LogP contribution in [0.4, 0.5) is 4.39 Å². The molecule has 0 saturated heterocycles. The van der Waals surface area contributed by atoms with E-state index in [1.54, 1.807) is 23.2 Å². The summed E-state index contributed by atoms with van der Waals surface area (Å²) in [7, 11) is 3.67. The Kier molecular flexibility index (Phi) is 3.24. The third kappa shape index (κ3) is 2.60. The molecule has 0 saturated carbocycles. The van der Waals surface area contributed by atoms with Crippen molar-refractivity contribution in [2.24, 2.45) is 0 Å².